The Hall–Kier alpha value is -2.43. The number of nitrogens with zero attached hydrogens (tertiary/aromatic N) is 2. The molecule has 2 aromatic heterocycles. The Balaban J connectivity index is 1.59. The zero-order valence-corrected chi connectivity index (χ0v) is 15.9. The van der Waals surface area contributed by atoms with Crippen molar-refractivity contribution in [1.29, 1.82) is 0 Å². The van der Waals surface area contributed by atoms with Gasteiger partial charge in [0.2, 0.25) is 0 Å². The van der Waals surface area contributed by atoms with Crippen LogP contribution >= 0.6 is 22.9 Å². The van der Waals surface area contributed by atoms with Gasteiger partial charge in [0.1, 0.15) is 17.0 Å². The molecule has 2 aromatic carbocycles. The maximum absolute atomic E-state index is 6.02. The SMILES string of the molecule is Cc1ccc(CCNc2ncnc3scc(-c4ccc(Cl)cc4)c23)cc1. The molecule has 0 saturated heterocycles. The maximum atomic E-state index is 6.02. The van der Waals surface area contributed by atoms with Crippen LogP contribution in [0, 0.1) is 6.92 Å². The monoisotopic (exact) mass is 379 g/mol. The lowest BCUT2D eigenvalue weighted by Crippen LogP contribution is -2.07. The summed E-state index contributed by atoms with van der Waals surface area (Å²) in [5.41, 5.74) is 4.86. The van der Waals surface area contributed by atoms with Crippen LogP contribution in [0.1, 0.15) is 11.1 Å². The first-order valence-electron chi connectivity index (χ1n) is 8.48. The van der Waals surface area contributed by atoms with Crippen LogP contribution in [0.2, 0.25) is 5.02 Å². The fourth-order valence-corrected chi connectivity index (χ4v) is 3.97. The number of rotatable bonds is 5. The van der Waals surface area contributed by atoms with Crippen LogP contribution < -0.4 is 5.32 Å². The van der Waals surface area contributed by atoms with E-state index in [9.17, 15) is 0 Å². The number of fused-ring (bicyclic) bond motifs is 1. The van der Waals surface area contributed by atoms with Gasteiger partial charge in [-0.3, -0.25) is 0 Å². The number of thiophene rings is 1. The van der Waals surface area contributed by atoms with Gasteiger partial charge in [0.25, 0.3) is 0 Å². The van der Waals surface area contributed by atoms with Gasteiger partial charge in [-0.05, 0) is 36.6 Å². The van der Waals surface area contributed by atoms with E-state index in [2.05, 4.69) is 51.9 Å². The summed E-state index contributed by atoms with van der Waals surface area (Å²) < 4.78 is 0. The Labute approximate surface area is 161 Å². The Morgan fingerprint density at radius 1 is 1.00 bits per heavy atom. The van der Waals surface area contributed by atoms with Gasteiger partial charge in [-0.2, -0.15) is 0 Å². The Kier molecular flexibility index (Phi) is 4.87. The number of aromatic nitrogens is 2. The molecule has 0 fully saturated rings. The quantitative estimate of drug-likeness (QED) is 0.463. The number of hydrogen-bond acceptors (Lipinski definition) is 4. The molecule has 0 spiro atoms. The van der Waals surface area contributed by atoms with E-state index in [-0.39, 0.29) is 0 Å². The molecule has 0 radical (unpaired) electrons. The zero-order valence-electron chi connectivity index (χ0n) is 14.4. The standard InChI is InChI=1S/C21H18ClN3S/c1-14-2-4-15(5-3-14)10-11-23-20-19-18(12-26-21(19)25-13-24-20)16-6-8-17(22)9-7-16/h2-9,12-13H,10-11H2,1H3,(H,23,24,25). The number of benzene rings is 2. The Morgan fingerprint density at radius 3 is 2.54 bits per heavy atom. The summed E-state index contributed by atoms with van der Waals surface area (Å²) in [7, 11) is 0. The second-order valence-corrected chi connectivity index (χ2v) is 7.52. The largest absolute Gasteiger partial charge is 0.369 e. The predicted octanol–water partition coefficient (Wildman–Crippen LogP) is 5.97. The van der Waals surface area contributed by atoms with E-state index >= 15 is 0 Å². The van der Waals surface area contributed by atoms with Gasteiger partial charge in [-0.1, -0.05) is 53.6 Å². The van der Waals surface area contributed by atoms with Crippen LogP contribution in [0.3, 0.4) is 0 Å². The summed E-state index contributed by atoms with van der Waals surface area (Å²) in [4.78, 5) is 9.90. The van der Waals surface area contributed by atoms with E-state index in [0.717, 1.165) is 45.1 Å². The highest BCUT2D eigenvalue weighted by Crippen LogP contribution is 2.36. The average molecular weight is 380 g/mol. The average Bonchev–Trinajstić information content (AvgIpc) is 3.09. The molecule has 0 saturated carbocycles. The first-order valence-corrected chi connectivity index (χ1v) is 9.74. The highest BCUT2D eigenvalue weighted by molar-refractivity contribution is 7.17. The molecule has 3 nitrogen and oxygen atoms in total. The number of anilines is 1. The molecule has 0 aliphatic rings. The van der Waals surface area contributed by atoms with Crippen LogP contribution in [0.5, 0.6) is 0 Å². The molecular weight excluding hydrogens is 362 g/mol. The highest BCUT2D eigenvalue weighted by atomic mass is 35.5. The van der Waals surface area contributed by atoms with Gasteiger partial charge < -0.3 is 5.32 Å². The fourth-order valence-electron chi connectivity index (χ4n) is 2.93. The summed E-state index contributed by atoms with van der Waals surface area (Å²) in [5, 5.41) is 7.43. The molecule has 1 N–H and O–H groups in total. The van der Waals surface area contributed by atoms with E-state index in [1.54, 1.807) is 17.7 Å². The molecule has 4 aromatic rings. The molecule has 4 rings (SSSR count). The van der Waals surface area contributed by atoms with Gasteiger partial charge in [-0.15, -0.1) is 11.3 Å². The molecule has 130 valence electrons. The van der Waals surface area contributed by atoms with Crippen molar-refractivity contribution in [3.8, 4) is 11.1 Å². The summed E-state index contributed by atoms with van der Waals surface area (Å²) >= 11 is 7.66. The van der Waals surface area contributed by atoms with Crippen molar-refractivity contribution in [2.45, 2.75) is 13.3 Å². The predicted molar refractivity (Wildman–Crippen MR) is 111 cm³/mol. The van der Waals surface area contributed by atoms with Crippen LogP contribution in [0.15, 0.2) is 60.2 Å². The molecule has 0 aliphatic heterocycles. The third-order valence-corrected chi connectivity index (χ3v) is 5.49. The first kappa shape index (κ1) is 17.0. The number of halogens is 1. The van der Waals surface area contributed by atoms with Crippen molar-refractivity contribution in [3.05, 3.63) is 76.4 Å². The van der Waals surface area contributed by atoms with Crippen molar-refractivity contribution >= 4 is 39.0 Å². The van der Waals surface area contributed by atoms with Crippen molar-refractivity contribution in [3.63, 3.8) is 0 Å². The fraction of sp³-hybridized carbons (Fsp3) is 0.143. The molecule has 0 aliphatic carbocycles. The number of hydrogen-bond donors (Lipinski definition) is 1. The van der Waals surface area contributed by atoms with E-state index in [1.807, 2.05) is 24.3 Å². The van der Waals surface area contributed by atoms with Crippen LogP contribution in [-0.2, 0) is 6.42 Å². The molecular formula is C21H18ClN3S. The smallest absolute Gasteiger partial charge is 0.138 e. The first-order chi connectivity index (χ1) is 12.7. The summed E-state index contributed by atoms with van der Waals surface area (Å²) in [6.45, 7) is 2.93. The molecule has 5 heteroatoms. The molecule has 26 heavy (non-hydrogen) atoms. The lowest BCUT2D eigenvalue weighted by atomic mass is 10.1. The van der Waals surface area contributed by atoms with Gasteiger partial charge >= 0.3 is 0 Å². The maximum Gasteiger partial charge on any atom is 0.138 e. The number of aryl methyl sites for hydroxylation is 1. The minimum atomic E-state index is 0.737. The van der Waals surface area contributed by atoms with Crippen LogP contribution in [0.4, 0.5) is 5.82 Å². The van der Waals surface area contributed by atoms with Crippen molar-refractivity contribution < 1.29 is 0 Å². The topological polar surface area (TPSA) is 37.8 Å². The van der Waals surface area contributed by atoms with Crippen molar-refractivity contribution in [1.82, 2.24) is 9.97 Å². The second kappa shape index (κ2) is 7.44. The van der Waals surface area contributed by atoms with Crippen LogP contribution in [0.25, 0.3) is 21.3 Å². The lowest BCUT2D eigenvalue weighted by Gasteiger charge is -2.09. The van der Waals surface area contributed by atoms with E-state index in [1.165, 1.54) is 11.1 Å². The van der Waals surface area contributed by atoms with Crippen LogP contribution in [-0.4, -0.2) is 16.5 Å². The minimum Gasteiger partial charge on any atom is -0.369 e. The summed E-state index contributed by atoms with van der Waals surface area (Å²) in [6.07, 6.45) is 2.57. The summed E-state index contributed by atoms with van der Waals surface area (Å²) in [5.74, 6) is 0.883. The van der Waals surface area contributed by atoms with Gasteiger partial charge in [-0.25, -0.2) is 9.97 Å². The Morgan fingerprint density at radius 2 is 1.77 bits per heavy atom. The van der Waals surface area contributed by atoms with Crippen molar-refractivity contribution in [2.75, 3.05) is 11.9 Å². The third-order valence-electron chi connectivity index (χ3n) is 4.35. The van der Waals surface area contributed by atoms with E-state index < -0.39 is 0 Å². The van der Waals surface area contributed by atoms with E-state index in [4.69, 9.17) is 11.6 Å². The minimum absolute atomic E-state index is 0.737. The van der Waals surface area contributed by atoms with Gasteiger partial charge in [0.15, 0.2) is 0 Å². The number of nitrogens with one attached hydrogen (secondary N) is 1. The molecule has 0 unspecified atom stereocenters. The zero-order chi connectivity index (χ0) is 17.9. The van der Waals surface area contributed by atoms with E-state index in [0.29, 0.717) is 0 Å². The molecule has 0 atom stereocenters. The van der Waals surface area contributed by atoms with Gasteiger partial charge in [0.05, 0.1) is 5.39 Å². The normalized spacial score (nSPS) is 11.0. The molecule has 2 heterocycles. The molecule has 0 amide bonds. The summed E-state index contributed by atoms with van der Waals surface area (Å²) in [6, 6.07) is 16.5. The second-order valence-electron chi connectivity index (χ2n) is 6.22. The highest BCUT2D eigenvalue weighted by Gasteiger charge is 2.12. The van der Waals surface area contributed by atoms with Crippen molar-refractivity contribution in [2.24, 2.45) is 0 Å². The lowest BCUT2D eigenvalue weighted by molar-refractivity contribution is 1.01. The third kappa shape index (κ3) is 3.57. The molecule has 0 bridgehead atoms. The Bertz CT molecular complexity index is 1020. The van der Waals surface area contributed by atoms with Gasteiger partial charge in [0, 0.05) is 22.5 Å².